The molecule has 1 aliphatic rings. The van der Waals surface area contributed by atoms with E-state index in [9.17, 15) is 4.79 Å². The number of hydrogen-bond acceptors (Lipinski definition) is 3. The number of carbonyl (C=O) groups is 1. The maximum Gasteiger partial charge on any atom is 0.250 e. The van der Waals surface area contributed by atoms with Gasteiger partial charge in [-0.3, -0.25) is 9.69 Å². The van der Waals surface area contributed by atoms with Crippen LogP contribution in [-0.4, -0.2) is 48.1 Å². The second-order valence-corrected chi connectivity index (χ2v) is 9.52. The van der Waals surface area contributed by atoms with Crippen molar-refractivity contribution in [3.8, 4) is 11.3 Å². The summed E-state index contributed by atoms with van der Waals surface area (Å²) < 4.78 is 2.29. The van der Waals surface area contributed by atoms with Crippen LogP contribution in [-0.2, 0) is 13.0 Å². The Morgan fingerprint density at radius 3 is 2.38 bits per heavy atom. The highest BCUT2D eigenvalue weighted by molar-refractivity contribution is 6.30. The van der Waals surface area contributed by atoms with E-state index in [2.05, 4.69) is 51.6 Å². The molecule has 0 bridgehead atoms. The van der Waals surface area contributed by atoms with Crippen molar-refractivity contribution >= 4 is 23.2 Å². The molecular formula is C28H35ClN4O. The van der Waals surface area contributed by atoms with Crippen LogP contribution in [0, 0.1) is 6.92 Å². The van der Waals surface area contributed by atoms with Crippen molar-refractivity contribution in [1.82, 2.24) is 9.47 Å². The van der Waals surface area contributed by atoms with Crippen LogP contribution in [0.15, 0.2) is 54.6 Å². The average molecular weight is 479 g/mol. The number of amides is 1. The smallest absolute Gasteiger partial charge is 0.250 e. The van der Waals surface area contributed by atoms with Gasteiger partial charge in [0.05, 0.1) is 11.3 Å². The van der Waals surface area contributed by atoms with Gasteiger partial charge in [-0.2, -0.15) is 0 Å². The van der Waals surface area contributed by atoms with E-state index in [-0.39, 0.29) is 5.91 Å². The minimum Gasteiger partial charge on any atom is -0.369 e. The largest absolute Gasteiger partial charge is 0.369 e. The van der Waals surface area contributed by atoms with Crippen molar-refractivity contribution in [2.24, 2.45) is 5.73 Å². The van der Waals surface area contributed by atoms with E-state index in [1.807, 2.05) is 31.2 Å². The summed E-state index contributed by atoms with van der Waals surface area (Å²) >= 11 is 6.17. The van der Waals surface area contributed by atoms with Gasteiger partial charge in [0.2, 0.25) is 0 Å². The Morgan fingerprint density at radius 2 is 1.74 bits per heavy atom. The zero-order valence-corrected chi connectivity index (χ0v) is 21.0. The maximum atomic E-state index is 12.5. The Bertz CT molecular complexity index is 1120. The van der Waals surface area contributed by atoms with Crippen molar-refractivity contribution < 1.29 is 4.79 Å². The predicted molar refractivity (Wildman–Crippen MR) is 142 cm³/mol. The van der Waals surface area contributed by atoms with E-state index in [0.29, 0.717) is 5.56 Å². The zero-order chi connectivity index (χ0) is 24.1. The molecule has 6 heteroatoms. The lowest BCUT2D eigenvalue weighted by Gasteiger charge is -2.36. The molecule has 2 aromatic carbocycles. The monoisotopic (exact) mass is 478 g/mol. The number of benzene rings is 2. The average Bonchev–Trinajstić information content (AvgIpc) is 3.11. The standard InChI is InChI=1S/C28H35ClN4O/c1-3-14-33-21(2)26(28(30)34)25(27(33)22-9-5-4-6-10-22)13-8-15-31-16-18-32(19-17-31)24-12-7-11-23(29)20-24/h4-7,9-12,20H,3,8,13-19H2,1-2H3,(H2,30,34). The van der Waals surface area contributed by atoms with Crippen LogP contribution < -0.4 is 10.6 Å². The number of nitrogens with two attached hydrogens (primary N) is 1. The van der Waals surface area contributed by atoms with Gasteiger partial charge in [-0.15, -0.1) is 0 Å². The molecule has 34 heavy (non-hydrogen) atoms. The van der Waals surface area contributed by atoms with E-state index in [0.717, 1.165) is 86.1 Å². The van der Waals surface area contributed by atoms with Gasteiger partial charge in [-0.05, 0) is 62.1 Å². The quantitative estimate of drug-likeness (QED) is 0.449. The fraction of sp³-hybridized carbons (Fsp3) is 0.393. The Kier molecular flexibility index (Phi) is 7.96. The van der Waals surface area contributed by atoms with E-state index >= 15 is 0 Å². The molecule has 2 N–H and O–H groups in total. The van der Waals surface area contributed by atoms with Crippen LogP contribution in [0.3, 0.4) is 0 Å². The molecule has 0 aliphatic carbocycles. The minimum atomic E-state index is -0.324. The van der Waals surface area contributed by atoms with Gasteiger partial charge < -0.3 is 15.2 Å². The molecule has 0 saturated carbocycles. The molecule has 180 valence electrons. The SMILES string of the molecule is CCCn1c(C)c(C(N)=O)c(CCCN2CCN(c3cccc(Cl)c3)CC2)c1-c1ccccc1. The molecule has 1 saturated heterocycles. The van der Waals surface area contributed by atoms with Crippen molar-refractivity contribution in [1.29, 1.82) is 0 Å². The molecule has 1 aliphatic heterocycles. The van der Waals surface area contributed by atoms with Crippen molar-refractivity contribution in [2.75, 3.05) is 37.6 Å². The number of carbonyl (C=O) groups excluding carboxylic acids is 1. The normalized spacial score (nSPS) is 14.5. The first-order valence-corrected chi connectivity index (χ1v) is 12.7. The molecule has 1 fully saturated rings. The number of halogens is 1. The second-order valence-electron chi connectivity index (χ2n) is 9.08. The van der Waals surface area contributed by atoms with E-state index in [1.54, 1.807) is 0 Å². The van der Waals surface area contributed by atoms with Gasteiger partial charge in [0.25, 0.3) is 5.91 Å². The minimum absolute atomic E-state index is 0.324. The number of anilines is 1. The van der Waals surface area contributed by atoms with Gasteiger partial charge in [-0.25, -0.2) is 0 Å². The van der Waals surface area contributed by atoms with Crippen LogP contribution >= 0.6 is 11.6 Å². The van der Waals surface area contributed by atoms with Gasteiger partial charge in [0.15, 0.2) is 0 Å². The maximum absolute atomic E-state index is 12.5. The summed E-state index contributed by atoms with van der Waals surface area (Å²) in [6.07, 6.45) is 2.84. The third kappa shape index (κ3) is 5.31. The Hall–Kier alpha value is -2.76. The zero-order valence-electron chi connectivity index (χ0n) is 20.3. The molecule has 0 spiro atoms. The summed E-state index contributed by atoms with van der Waals surface area (Å²) in [4.78, 5) is 17.4. The van der Waals surface area contributed by atoms with Crippen molar-refractivity contribution in [3.63, 3.8) is 0 Å². The summed E-state index contributed by atoms with van der Waals surface area (Å²) in [5.74, 6) is -0.324. The summed E-state index contributed by atoms with van der Waals surface area (Å²) in [7, 11) is 0. The lowest BCUT2D eigenvalue weighted by molar-refractivity contribution is 0.0998. The van der Waals surface area contributed by atoms with E-state index in [1.165, 1.54) is 5.69 Å². The first-order chi connectivity index (χ1) is 16.5. The van der Waals surface area contributed by atoms with Crippen LogP contribution in [0.5, 0.6) is 0 Å². The molecule has 0 radical (unpaired) electrons. The molecule has 0 atom stereocenters. The lowest BCUT2D eigenvalue weighted by atomic mass is 9.99. The molecule has 4 rings (SSSR count). The third-order valence-electron chi connectivity index (χ3n) is 6.81. The molecule has 1 amide bonds. The summed E-state index contributed by atoms with van der Waals surface area (Å²) in [5.41, 5.74) is 12.2. The Morgan fingerprint density at radius 1 is 1.00 bits per heavy atom. The number of piperazine rings is 1. The first-order valence-electron chi connectivity index (χ1n) is 12.3. The van der Waals surface area contributed by atoms with Crippen LogP contribution in [0.2, 0.25) is 5.02 Å². The lowest BCUT2D eigenvalue weighted by Crippen LogP contribution is -2.46. The number of aromatic nitrogens is 1. The second kappa shape index (κ2) is 11.1. The third-order valence-corrected chi connectivity index (χ3v) is 7.05. The molecule has 2 heterocycles. The highest BCUT2D eigenvalue weighted by Gasteiger charge is 2.24. The molecule has 3 aromatic rings. The van der Waals surface area contributed by atoms with Gasteiger partial charge in [0.1, 0.15) is 0 Å². The van der Waals surface area contributed by atoms with E-state index in [4.69, 9.17) is 17.3 Å². The molecule has 1 aromatic heterocycles. The predicted octanol–water partition coefficient (Wildman–Crippen LogP) is 5.38. The number of primary amides is 1. The summed E-state index contributed by atoms with van der Waals surface area (Å²) in [5, 5.41) is 0.782. The number of nitrogens with zero attached hydrogens (tertiary/aromatic N) is 3. The topological polar surface area (TPSA) is 54.5 Å². The van der Waals surface area contributed by atoms with Gasteiger partial charge in [0, 0.05) is 49.1 Å². The molecular weight excluding hydrogens is 444 g/mol. The Labute approximate surface area is 208 Å². The fourth-order valence-corrected chi connectivity index (χ4v) is 5.37. The Balaban J connectivity index is 1.47. The number of rotatable bonds is 9. The van der Waals surface area contributed by atoms with Gasteiger partial charge >= 0.3 is 0 Å². The first kappa shape index (κ1) is 24.4. The van der Waals surface area contributed by atoms with Gasteiger partial charge in [-0.1, -0.05) is 54.9 Å². The van der Waals surface area contributed by atoms with Crippen LogP contribution in [0.1, 0.15) is 41.4 Å². The van der Waals surface area contributed by atoms with Crippen LogP contribution in [0.4, 0.5) is 5.69 Å². The molecule has 0 unspecified atom stereocenters. The fourth-order valence-electron chi connectivity index (χ4n) is 5.18. The highest BCUT2D eigenvalue weighted by Crippen LogP contribution is 2.33. The van der Waals surface area contributed by atoms with Crippen molar-refractivity contribution in [3.05, 3.63) is 76.4 Å². The highest BCUT2D eigenvalue weighted by atomic mass is 35.5. The summed E-state index contributed by atoms with van der Waals surface area (Å²) in [6.45, 7) is 10.1. The van der Waals surface area contributed by atoms with Crippen molar-refractivity contribution in [2.45, 2.75) is 39.7 Å². The summed E-state index contributed by atoms with van der Waals surface area (Å²) in [6, 6.07) is 18.5. The number of hydrogen-bond donors (Lipinski definition) is 1. The molecule has 5 nitrogen and oxygen atoms in total. The van der Waals surface area contributed by atoms with E-state index < -0.39 is 0 Å². The van der Waals surface area contributed by atoms with Crippen LogP contribution in [0.25, 0.3) is 11.3 Å².